The maximum Gasteiger partial charge on any atom is 0.300 e. The summed E-state index contributed by atoms with van der Waals surface area (Å²) in [7, 11) is 0. The number of thiophene rings is 2. The molecule has 0 N–H and O–H groups in total. The summed E-state index contributed by atoms with van der Waals surface area (Å²) in [5.74, 6) is 26.2. The van der Waals surface area contributed by atoms with E-state index in [1.54, 1.807) is 0 Å². The average Bonchev–Trinajstić information content (AvgIpc) is 3.72. The van der Waals surface area contributed by atoms with E-state index in [0.29, 0.717) is 29.8 Å². The molecule has 232 valence electrons. The lowest BCUT2D eigenvalue weighted by Crippen LogP contribution is -2.29. The van der Waals surface area contributed by atoms with Crippen LogP contribution in [0.3, 0.4) is 0 Å². The smallest absolute Gasteiger partial charge is 0.300 e. The molecule has 0 fully saturated rings. The van der Waals surface area contributed by atoms with Crippen LogP contribution in [-0.2, 0) is 13.1 Å². The van der Waals surface area contributed by atoms with Gasteiger partial charge in [0, 0.05) is 24.9 Å². The van der Waals surface area contributed by atoms with Gasteiger partial charge in [-0.2, -0.15) is 0 Å². The Hall–Kier alpha value is -4.70. The normalized spacial score (nSPS) is 11.7. The van der Waals surface area contributed by atoms with E-state index in [4.69, 9.17) is 12.8 Å². The van der Waals surface area contributed by atoms with Gasteiger partial charge in [-0.05, 0) is 60.2 Å². The summed E-state index contributed by atoms with van der Waals surface area (Å²) in [6, 6.07) is 0. The van der Waals surface area contributed by atoms with Gasteiger partial charge in [-0.3, -0.25) is 19.2 Å². The van der Waals surface area contributed by atoms with Crippen molar-refractivity contribution in [3.05, 3.63) is 41.2 Å². The molecular weight excluding hydrogens is 613 g/mol. The van der Waals surface area contributed by atoms with Crippen molar-refractivity contribution in [3.8, 4) is 72.1 Å². The molecule has 6 nitrogen and oxygen atoms in total. The Labute approximate surface area is 276 Å². The van der Waals surface area contributed by atoms with Gasteiger partial charge in [-0.25, -0.2) is 0 Å². The molecule has 4 aromatic heterocycles. The molecule has 0 spiro atoms. The van der Waals surface area contributed by atoms with Crippen molar-refractivity contribution >= 4 is 52.5 Å². The highest BCUT2D eigenvalue weighted by atomic mass is 32.1. The second-order valence-electron chi connectivity index (χ2n) is 11.1. The van der Waals surface area contributed by atoms with E-state index in [1.807, 2.05) is 0 Å². The molecule has 4 aromatic rings. The molecule has 0 saturated heterocycles. The maximum absolute atomic E-state index is 13.3. The van der Waals surface area contributed by atoms with Gasteiger partial charge in [-0.15, -0.1) is 35.5 Å². The third-order valence-electron chi connectivity index (χ3n) is 7.87. The Kier molecular flexibility index (Phi) is 12.3. The second kappa shape index (κ2) is 16.6. The summed E-state index contributed by atoms with van der Waals surface area (Å²) in [6.45, 7) is 4.71. The van der Waals surface area contributed by atoms with Crippen molar-refractivity contribution in [1.29, 1.82) is 0 Å². The van der Waals surface area contributed by atoms with Gasteiger partial charge in [0.05, 0.1) is 20.4 Å². The van der Waals surface area contributed by atoms with Crippen molar-refractivity contribution in [1.82, 2.24) is 9.13 Å². The predicted molar refractivity (Wildman–Crippen MR) is 191 cm³/mol. The van der Waals surface area contributed by atoms with Crippen LogP contribution in [0.1, 0.15) is 78.1 Å². The minimum Gasteiger partial charge on any atom is -0.301 e. The number of terminal acetylenes is 2. The number of aromatic nitrogens is 2. The first-order chi connectivity index (χ1) is 22.4. The van der Waals surface area contributed by atoms with Crippen molar-refractivity contribution < 1.29 is 0 Å². The molecule has 4 heterocycles. The number of hydrogen-bond acceptors (Lipinski definition) is 6. The molecule has 0 aliphatic carbocycles. The highest BCUT2D eigenvalue weighted by Gasteiger charge is 2.27. The number of fused-ring (bicyclic) bond motifs is 5. The summed E-state index contributed by atoms with van der Waals surface area (Å²) in [4.78, 5) is 53.0. The molecule has 0 radical (unpaired) electrons. The largest absolute Gasteiger partial charge is 0.301 e. The van der Waals surface area contributed by atoms with Gasteiger partial charge in [0.2, 0.25) is 0 Å². The van der Waals surface area contributed by atoms with Crippen LogP contribution in [0.15, 0.2) is 19.2 Å². The van der Waals surface area contributed by atoms with E-state index >= 15 is 0 Å². The fourth-order valence-corrected chi connectivity index (χ4v) is 8.37. The van der Waals surface area contributed by atoms with Crippen LogP contribution in [0.25, 0.3) is 29.8 Å². The van der Waals surface area contributed by atoms with Crippen molar-refractivity contribution in [2.75, 3.05) is 0 Å². The number of hydrogen-bond donors (Lipinski definition) is 0. The fourth-order valence-electron chi connectivity index (χ4n) is 5.61. The summed E-state index contributed by atoms with van der Waals surface area (Å²) < 4.78 is 4.96. The minimum absolute atomic E-state index is 0.216. The SMILES string of the molecule is C#CC#CC#CC(CCCCCC)Cn1c(=O)c(=O)c2sc3c(sc4c(=O)c(=O)n(CC(C#CC#CC#C)CCCCCC)c43)c21. The summed E-state index contributed by atoms with van der Waals surface area (Å²) in [5, 5.41) is 0. The molecule has 46 heavy (non-hydrogen) atoms. The van der Waals surface area contributed by atoms with Gasteiger partial charge in [0.15, 0.2) is 0 Å². The molecule has 2 unspecified atom stereocenters. The number of unbranched alkanes of at least 4 members (excludes halogenated alkanes) is 6. The lowest BCUT2D eigenvalue weighted by molar-refractivity contribution is 0.480. The van der Waals surface area contributed by atoms with Crippen LogP contribution in [0, 0.1) is 83.9 Å². The first-order valence-electron chi connectivity index (χ1n) is 15.6. The van der Waals surface area contributed by atoms with Crippen LogP contribution < -0.4 is 22.0 Å². The standard InChI is InChI=1S/C38H34N2O4S2/c1-5-9-13-17-21-27(22-18-14-10-6-2)25-39-29-33(31(41)37(39)43)45-36-30-34(46-35(29)36)32(42)38(44)40(30)26-28(23-19-15-11-7-3)24-20-16-12-8-4/h1,3,27-28H,6,8,10,12,14,16,18,20,22,24-26H2,2,4H3. The zero-order valence-electron chi connectivity index (χ0n) is 26.1. The van der Waals surface area contributed by atoms with Crippen molar-refractivity contribution in [2.24, 2.45) is 11.8 Å². The molecule has 8 heteroatoms. The predicted octanol–water partition coefficient (Wildman–Crippen LogP) is 5.64. The molecule has 0 amide bonds. The molecule has 0 aromatic carbocycles. The molecule has 0 saturated carbocycles. The van der Waals surface area contributed by atoms with Crippen molar-refractivity contribution in [3.63, 3.8) is 0 Å². The second-order valence-corrected chi connectivity index (χ2v) is 13.2. The third kappa shape index (κ3) is 7.56. The fraction of sp³-hybridized carbons (Fsp3) is 0.421. The lowest BCUT2D eigenvalue weighted by atomic mass is 10.0. The first-order valence-corrected chi connectivity index (χ1v) is 17.2. The quantitative estimate of drug-likeness (QED) is 0.101. The molecule has 0 aliphatic heterocycles. The Morgan fingerprint density at radius 2 is 0.978 bits per heavy atom. The molecule has 4 rings (SSSR count). The summed E-state index contributed by atoms with van der Waals surface area (Å²) in [6.07, 6.45) is 20.2. The van der Waals surface area contributed by atoms with Crippen molar-refractivity contribution in [2.45, 2.75) is 91.1 Å². The maximum atomic E-state index is 13.3. The van der Waals surface area contributed by atoms with E-state index in [0.717, 1.165) is 64.2 Å². The Morgan fingerprint density at radius 1 is 0.565 bits per heavy atom. The van der Waals surface area contributed by atoms with Crippen LogP contribution in [0.4, 0.5) is 0 Å². The van der Waals surface area contributed by atoms with Crippen LogP contribution in [0.5, 0.6) is 0 Å². The van der Waals surface area contributed by atoms with E-state index in [-0.39, 0.29) is 24.9 Å². The van der Waals surface area contributed by atoms with Crippen LogP contribution in [0.2, 0.25) is 0 Å². The highest BCUT2D eigenvalue weighted by Crippen LogP contribution is 2.42. The Balaban J connectivity index is 1.81. The molecule has 0 bridgehead atoms. The van der Waals surface area contributed by atoms with E-state index in [1.165, 1.54) is 31.8 Å². The van der Waals surface area contributed by atoms with E-state index in [9.17, 15) is 19.2 Å². The van der Waals surface area contributed by atoms with Gasteiger partial charge < -0.3 is 9.13 Å². The Morgan fingerprint density at radius 3 is 1.35 bits per heavy atom. The van der Waals surface area contributed by atoms with Gasteiger partial charge in [0.1, 0.15) is 9.40 Å². The zero-order valence-corrected chi connectivity index (χ0v) is 27.8. The minimum atomic E-state index is -0.610. The van der Waals surface area contributed by atoms with E-state index in [2.05, 4.69) is 73.1 Å². The average molecular weight is 647 g/mol. The van der Waals surface area contributed by atoms with Gasteiger partial charge in [-0.1, -0.05) is 77.1 Å². The Bertz CT molecular complexity index is 2130. The van der Waals surface area contributed by atoms with Crippen LogP contribution >= 0.6 is 22.7 Å². The van der Waals surface area contributed by atoms with E-state index < -0.39 is 22.0 Å². The first kappa shape index (κ1) is 34.2. The third-order valence-corrected chi connectivity index (χ3v) is 10.4. The highest BCUT2D eigenvalue weighted by molar-refractivity contribution is 7.36. The monoisotopic (exact) mass is 646 g/mol. The topological polar surface area (TPSA) is 78.1 Å². The molecular formula is C38H34N2O4S2. The summed E-state index contributed by atoms with van der Waals surface area (Å²) in [5.41, 5.74) is -1.38. The van der Waals surface area contributed by atoms with Gasteiger partial charge >= 0.3 is 0 Å². The molecule has 0 aliphatic rings. The number of nitrogens with zero attached hydrogens (tertiary/aromatic N) is 2. The van der Waals surface area contributed by atoms with Crippen LogP contribution in [-0.4, -0.2) is 9.13 Å². The lowest BCUT2D eigenvalue weighted by Gasteiger charge is -2.12. The van der Waals surface area contributed by atoms with Gasteiger partial charge in [0.25, 0.3) is 22.0 Å². The number of rotatable bonds is 14. The zero-order chi connectivity index (χ0) is 33.1. The summed E-state index contributed by atoms with van der Waals surface area (Å²) >= 11 is 2.33. The molecule has 2 atom stereocenters.